The molecule has 13 nitrogen and oxygen atoms in total. The van der Waals surface area contributed by atoms with Gasteiger partial charge < -0.3 is 59.8 Å². The van der Waals surface area contributed by atoms with Crippen LogP contribution in [-0.2, 0) is 23.7 Å². The Bertz CT molecular complexity index is 1470. The predicted octanol–water partition coefficient (Wildman–Crippen LogP) is 1.93. The van der Waals surface area contributed by atoms with Crippen LogP contribution in [0, 0.1) is 50.7 Å². The van der Waals surface area contributed by atoms with E-state index in [1.54, 1.807) is 0 Å². The van der Waals surface area contributed by atoms with Crippen molar-refractivity contribution in [3.63, 3.8) is 0 Å². The smallest absolute Gasteiger partial charge is 0.315 e. The minimum absolute atomic E-state index is 0.0674. The van der Waals surface area contributed by atoms with Crippen LogP contribution in [0.5, 0.6) is 0 Å². The molecule has 7 aliphatic rings. The number of ether oxygens (including phenoxy) is 4. The zero-order valence-electron chi connectivity index (χ0n) is 33.1. The van der Waals surface area contributed by atoms with E-state index in [0.29, 0.717) is 31.6 Å². The van der Waals surface area contributed by atoms with Gasteiger partial charge in [0.1, 0.15) is 42.7 Å². The van der Waals surface area contributed by atoms with Crippen LogP contribution in [0.3, 0.4) is 0 Å². The molecule has 7 rings (SSSR count). The van der Waals surface area contributed by atoms with Gasteiger partial charge in [-0.2, -0.15) is 0 Å². The number of rotatable bonds is 5. The Morgan fingerprint density at radius 2 is 1.50 bits per heavy atom. The van der Waals surface area contributed by atoms with E-state index in [1.807, 2.05) is 13.8 Å². The van der Waals surface area contributed by atoms with Crippen molar-refractivity contribution in [1.82, 2.24) is 0 Å². The van der Waals surface area contributed by atoms with Crippen LogP contribution in [0.4, 0.5) is 0 Å². The molecule has 6 fully saturated rings. The largest absolute Gasteiger partial charge is 0.432 e. The lowest BCUT2D eigenvalue weighted by atomic mass is 9.33. The normalized spacial score (nSPS) is 55.6. The van der Waals surface area contributed by atoms with Gasteiger partial charge in [-0.15, -0.1) is 0 Å². The maximum Gasteiger partial charge on any atom is 0.315 e. The lowest BCUT2D eigenvalue weighted by Gasteiger charge is -2.72. The van der Waals surface area contributed by atoms with E-state index in [1.165, 1.54) is 0 Å². The Kier molecular flexibility index (Phi) is 10.4. The SMILES string of the molecule is C[C@@H]1CC[C@]2(C(=O)O[C@@H]3O[C@H](CO)[C@@H](O)[C@H](O)[C@H]3O)CC[C@]3(C)C(=CC[C@@H]4[C@@]5(C)CC[C@H](O[C@H]6OC[C@H](O)[C@H](O)[C@H]6O)C(C)(C)[C@@H]5CC[C@]43C)[C@@H]2[C@]1(C)O. The molecule has 0 aromatic heterocycles. The van der Waals surface area contributed by atoms with Crippen LogP contribution < -0.4 is 0 Å². The Morgan fingerprint density at radius 3 is 2.19 bits per heavy atom. The van der Waals surface area contributed by atoms with E-state index >= 15 is 0 Å². The fourth-order valence-corrected chi connectivity index (χ4v) is 13.5. The van der Waals surface area contributed by atoms with Gasteiger partial charge in [0.05, 0.1) is 30.3 Å². The van der Waals surface area contributed by atoms with Gasteiger partial charge in [0.2, 0.25) is 6.29 Å². The third-order valence-electron chi connectivity index (χ3n) is 17.2. The highest BCUT2D eigenvalue weighted by molar-refractivity contribution is 5.79. The van der Waals surface area contributed by atoms with Crippen LogP contribution in [0.1, 0.15) is 106 Å². The van der Waals surface area contributed by atoms with Gasteiger partial charge >= 0.3 is 5.97 Å². The molecule has 19 atom stereocenters. The van der Waals surface area contributed by atoms with Gasteiger partial charge in [-0.25, -0.2) is 0 Å². The highest BCUT2D eigenvalue weighted by atomic mass is 16.7. The first-order valence-corrected chi connectivity index (χ1v) is 20.4. The molecule has 0 bridgehead atoms. The first kappa shape index (κ1) is 40.9. The van der Waals surface area contributed by atoms with Gasteiger partial charge in [0.15, 0.2) is 6.29 Å². The molecule has 0 radical (unpaired) electrons. The summed E-state index contributed by atoms with van der Waals surface area (Å²) < 4.78 is 23.7. The van der Waals surface area contributed by atoms with Crippen molar-refractivity contribution in [2.45, 2.75) is 173 Å². The molecule has 0 amide bonds. The van der Waals surface area contributed by atoms with Crippen molar-refractivity contribution >= 4 is 5.97 Å². The number of esters is 1. The molecule has 8 N–H and O–H groups in total. The second-order valence-electron chi connectivity index (χ2n) is 19.9. The number of hydrogen-bond donors (Lipinski definition) is 8. The van der Waals surface area contributed by atoms with Crippen molar-refractivity contribution in [2.75, 3.05) is 13.2 Å². The fraction of sp³-hybridized carbons (Fsp3) is 0.927. The number of aliphatic hydroxyl groups excluding tert-OH is 7. The average molecular weight is 767 g/mol. The van der Waals surface area contributed by atoms with Crippen LogP contribution in [0.2, 0.25) is 0 Å². The maximum absolute atomic E-state index is 14.6. The van der Waals surface area contributed by atoms with Gasteiger partial charge in [0.25, 0.3) is 0 Å². The summed E-state index contributed by atoms with van der Waals surface area (Å²) >= 11 is 0. The summed E-state index contributed by atoms with van der Waals surface area (Å²) in [6, 6.07) is 0. The molecule has 2 saturated heterocycles. The molecule has 2 aliphatic heterocycles. The van der Waals surface area contributed by atoms with Gasteiger partial charge in [-0.05, 0) is 104 Å². The van der Waals surface area contributed by atoms with Crippen LogP contribution in [-0.4, -0.2) is 127 Å². The standard InChI is InChI=1S/C41H66O13/c1-20-10-15-41(35(49)54-34-31(48)29(46)28(45)23(18-42)52-34)17-16-38(5)21(32(41)40(20,7)50)8-9-25-37(4)13-12-26(36(2,3)24(37)11-14-39(25,38)6)53-33-30(47)27(44)22(43)19-51-33/h8,20,22-34,42-48,50H,9-19H2,1-7H3/t20-,22+,23-,24+,25-,26+,27+,28-,29+,30-,31-,32-,33-,34+,37+,38-,39-,40-,41+/m1/s1. The number of allylic oxidation sites excluding steroid dienone is 1. The summed E-state index contributed by atoms with van der Waals surface area (Å²) in [5, 5.41) is 84.8. The minimum atomic E-state index is -1.72. The lowest BCUT2D eigenvalue weighted by Crippen LogP contribution is -2.68. The van der Waals surface area contributed by atoms with Crippen molar-refractivity contribution < 1.29 is 64.6 Å². The van der Waals surface area contributed by atoms with Gasteiger partial charge in [0, 0.05) is 5.92 Å². The topological polar surface area (TPSA) is 216 Å². The molecular formula is C41H66O13. The molecule has 13 heteroatoms. The van der Waals surface area contributed by atoms with Gasteiger partial charge in [-0.1, -0.05) is 53.2 Å². The summed E-state index contributed by atoms with van der Waals surface area (Å²) in [4.78, 5) is 14.6. The van der Waals surface area contributed by atoms with Crippen molar-refractivity contribution in [3.05, 3.63) is 11.6 Å². The average Bonchev–Trinajstić information content (AvgIpc) is 3.11. The van der Waals surface area contributed by atoms with Crippen LogP contribution >= 0.6 is 0 Å². The summed E-state index contributed by atoms with van der Waals surface area (Å²) in [5.41, 5.74) is -2.15. The first-order valence-electron chi connectivity index (χ1n) is 20.4. The molecular weight excluding hydrogens is 700 g/mol. The Morgan fingerprint density at radius 1 is 0.815 bits per heavy atom. The molecule has 0 aromatic rings. The van der Waals surface area contributed by atoms with E-state index in [0.717, 1.165) is 37.7 Å². The molecule has 5 aliphatic carbocycles. The Labute approximate surface area is 319 Å². The second-order valence-corrected chi connectivity index (χ2v) is 19.9. The highest BCUT2D eigenvalue weighted by Gasteiger charge is 2.72. The summed E-state index contributed by atoms with van der Waals surface area (Å²) in [6.45, 7) is 14.8. The molecule has 308 valence electrons. The molecule has 0 aromatic carbocycles. The maximum atomic E-state index is 14.6. The summed E-state index contributed by atoms with van der Waals surface area (Å²) in [7, 11) is 0. The quantitative estimate of drug-likeness (QED) is 0.114. The van der Waals surface area contributed by atoms with E-state index in [9.17, 15) is 45.6 Å². The van der Waals surface area contributed by atoms with Crippen molar-refractivity contribution in [2.24, 2.45) is 50.7 Å². The minimum Gasteiger partial charge on any atom is -0.432 e. The van der Waals surface area contributed by atoms with E-state index < -0.39 is 84.8 Å². The van der Waals surface area contributed by atoms with Gasteiger partial charge in [-0.3, -0.25) is 4.79 Å². The number of hydrogen-bond acceptors (Lipinski definition) is 13. The third kappa shape index (κ3) is 5.68. The monoisotopic (exact) mass is 766 g/mol. The van der Waals surface area contributed by atoms with Crippen LogP contribution in [0.25, 0.3) is 0 Å². The lowest BCUT2D eigenvalue weighted by molar-refractivity contribution is -0.308. The summed E-state index contributed by atoms with van der Waals surface area (Å²) in [5.74, 6) is -0.699. The third-order valence-corrected chi connectivity index (χ3v) is 17.2. The fourth-order valence-electron chi connectivity index (χ4n) is 13.5. The molecule has 54 heavy (non-hydrogen) atoms. The number of aliphatic hydroxyl groups is 8. The highest BCUT2D eigenvalue weighted by Crippen LogP contribution is 2.76. The van der Waals surface area contributed by atoms with Crippen LogP contribution in [0.15, 0.2) is 11.6 Å². The van der Waals surface area contributed by atoms with E-state index in [-0.39, 0.29) is 46.2 Å². The Hall–Kier alpha value is -1.23. The van der Waals surface area contributed by atoms with E-state index in [2.05, 4.69) is 40.7 Å². The zero-order chi connectivity index (χ0) is 39.6. The second kappa shape index (κ2) is 13.7. The molecule has 0 unspecified atom stereocenters. The summed E-state index contributed by atoms with van der Waals surface area (Å²) in [6.07, 6.45) is -4.04. The molecule has 2 heterocycles. The number of carbonyl (C=O) groups is 1. The van der Waals surface area contributed by atoms with E-state index in [4.69, 9.17) is 18.9 Å². The number of carbonyl (C=O) groups excluding carboxylic acids is 1. The van der Waals surface area contributed by atoms with Crippen molar-refractivity contribution in [3.8, 4) is 0 Å². The Balaban J connectivity index is 1.19. The predicted molar refractivity (Wildman–Crippen MR) is 193 cm³/mol. The first-order chi connectivity index (χ1) is 25.1. The van der Waals surface area contributed by atoms with Crippen molar-refractivity contribution in [1.29, 1.82) is 0 Å². The molecule has 0 spiro atoms. The molecule has 4 saturated carbocycles. The number of fused-ring (bicyclic) bond motifs is 7. The zero-order valence-corrected chi connectivity index (χ0v) is 33.1.